The van der Waals surface area contributed by atoms with Gasteiger partial charge in [0.1, 0.15) is 23.4 Å². The van der Waals surface area contributed by atoms with Crippen molar-refractivity contribution in [1.29, 1.82) is 5.26 Å². The van der Waals surface area contributed by atoms with Crippen LogP contribution in [-0.2, 0) is 4.74 Å². The van der Waals surface area contributed by atoms with E-state index in [9.17, 15) is 0 Å². The molecular weight excluding hydrogens is 230 g/mol. The smallest absolute Gasteiger partial charge is 0.146 e. The van der Waals surface area contributed by atoms with E-state index in [0.717, 1.165) is 39.4 Å². The van der Waals surface area contributed by atoms with Crippen molar-refractivity contribution < 1.29 is 4.74 Å². The van der Waals surface area contributed by atoms with Crippen molar-refractivity contribution in [3.05, 3.63) is 17.6 Å². The summed E-state index contributed by atoms with van der Waals surface area (Å²) < 4.78 is 5.29. The fraction of sp³-hybridized carbons (Fsp3) is 0.583. The van der Waals surface area contributed by atoms with Crippen molar-refractivity contribution in [2.24, 2.45) is 0 Å². The SMILES string of the molecule is Cc1nc(C#N)cc(NCCN2CCOCC2)n1. The van der Waals surface area contributed by atoms with Gasteiger partial charge in [-0.1, -0.05) is 0 Å². The van der Waals surface area contributed by atoms with Gasteiger partial charge in [0.2, 0.25) is 0 Å². The Balaban J connectivity index is 1.82. The molecule has 0 spiro atoms. The molecule has 0 atom stereocenters. The molecule has 0 bridgehead atoms. The van der Waals surface area contributed by atoms with Crippen molar-refractivity contribution in [3.63, 3.8) is 0 Å². The first kappa shape index (κ1) is 12.7. The maximum Gasteiger partial charge on any atom is 0.146 e. The first-order valence-electron chi connectivity index (χ1n) is 6.07. The number of nitriles is 1. The molecule has 0 unspecified atom stereocenters. The van der Waals surface area contributed by atoms with E-state index in [1.807, 2.05) is 6.07 Å². The Kier molecular flexibility index (Phi) is 4.45. The number of hydrogen-bond acceptors (Lipinski definition) is 6. The molecule has 1 saturated heterocycles. The molecule has 1 aromatic heterocycles. The van der Waals surface area contributed by atoms with Crippen LogP contribution in [0.15, 0.2) is 6.07 Å². The largest absolute Gasteiger partial charge is 0.379 e. The molecule has 2 heterocycles. The average molecular weight is 247 g/mol. The van der Waals surface area contributed by atoms with E-state index in [0.29, 0.717) is 17.3 Å². The minimum Gasteiger partial charge on any atom is -0.379 e. The maximum atomic E-state index is 8.83. The van der Waals surface area contributed by atoms with Crippen molar-refractivity contribution in [2.75, 3.05) is 44.7 Å². The van der Waals surface area contributed by atoms with Crippen LogP contribution in [0.2, 0.25) is 0 Å². The van der Waals surface area contributed by atoms with Crippen LogP contribution in [0.1, 0.15) is 11.5 Å². The van der Waals surface area contributed by atoms with Crippen LogP contribution in [0.5, 0.6) is 0 Å². The lowest BCUT2D eigenvalue weighted by Gasteiger charge is -2.26. The molecule has 18 heavy (non-hydrogen) atoms. The van der Waals surface area contributed by atoms with Crippen LogP contribution < -0.4 is 5.32 Å². The number of nitrogens with one attached hydrogen (secondary N) is 1. The summed E-state index contributed by atoms with van der Waals surface area (Å²) in [7, 11) is 0. The summed E-state index contributed by atoms with van der Waals surface area (Å²) in [6, 6.07) is 3.70. The van der Waals surface area contributed by atoms with E-state index in [1.54, 1.807) is 13.0 Å². The molecule has 0 aliphatic carbocycles. The monoisotopic (exact) mass is 247 g/mol. The molecule has 0 radical (unpaired) electrons. The summed E-state index contributed by atoms with van der Waals surface area (Å²) in [5.74, 6) is 1.33. The van der Waals surface area contributed by atoms with Gasteiger partial charge in [-0.15, -0.1) is 0 Å². The summed E-state index contributed by atoms with van der Waals surface area (Å²) in [5.41, 5.74) is 0.399. The van der Waals surface area contributed by atoms with Gasteiger partial charge in [0.15, 0.2) is 0 Å². The molecule has 0 aromatic carbocycles. The molecule has 0 saturated carbocycles. The third-order valence-corrected chi connectivity index (χ3v) is 2.79. The van der Waals surface area contributed by atoms with E-state index < -0.39 is 0 Å². The van der Waals surface area contributed by atoms with Crippen LogP contribution in [0, 0.1) is 18.3 Å². The zero-order chi connectivity index (χ0) is 12.8. The Morgan fingerprint density at radius 3 is 2.94 bits per heavy atom. The van der Waals surface area contributed by atoms with Gasteiger partial charge in [-0.05, 0) is 6.92 Å². The second kappa shape index (κ2) is 6.28. The van der Waals surface area contributed by atoms with E-state index >= 15 is 0 Å². The Morgan fingerprint density at radius 1 is 1.44 bits per heavy atom. The minimum atomic E-state index is 0.399. The maximum absolute atomic E-state index is 8.83. The Labute approximate surface area is 107 Å². The fourth-order valence-electron chi connectivity index (χ4n) is 1.88. The van der Waals surface area contributed by atoms with Gasteiger partial charge in [-0.3, -0.25) is 4.90 Å². The third kappa shape index (κ3) is 3.65. The number of ether oxygens (including phenoxy) is 1. The Morgan fingerprint density at radius 2 is 2.22 bits per heavy atom. The summed E-state index contributed by atoms with van der Waals surface area (Å²) in [6.45, 7) is 7.13. The fourth-order valence-corrected chi connectivity index (χ4v) is 1.88. The predicted molar refractivity (Wildman–Crippen MR) is 67.2 cm³/mol. The van der Waals surface area contributed by atoms with Gasteiger partial charge < -0.3 is 10.1 Å². The van der Waals surface area contributed by atoms with Gasteiger partial charge in [0, 0.05) is 32.2 Å². The quantitative estimate of drug-likeness (QED) is 0.830. The van der Waals surface area contributed by atoms with Crippen LogP contribution in [0.25, 0.3) is 0 Å². The first-order chi connectivity index (χ1) is 8.78. The summed E-state index contributed by atoms with van der Waals surface area (Å²) in [5, 5.41) is 12.0. The molecule has 1 aromatic rings. The van der Waals surface area contributed by atoms with E-state index in [4.69, 9.17) is 10.00 Å². The highest BCUT2D eigenvalue weighted by Crippen LogP contribution is 2.05. The number of rotatable bonds is 4. The normalized spacial score (nSPS) is 16.2. The topological polar surface area (TPSA) is 74.1 Å². The second-order valence-corrected chi connectivity index (χ2v) is 4.18. The standard InChI is InChI=1S/C12H17N5O/c1-10-15-11(9-13)8-12(16-10)14-2-3-17-4-6-18-7-5-17/h8H,2-7H2,1H3,(H,14,15,16). The zero-order valence-corrected chi connectivity index (χ0v) is 10.5. The van der Waals surface area contributed by atoms with Crippen LogP contribution >= 0.6 is 0 Å². The summed E-state index contributed by atoms with van der Waals surface area (Å²) in [6.07, 6.45) is 0. The number of nitrogens with zero attached hydrogens (tertiary/aromatic N) is 4. The van der Waals surface area contributed by atoms with Crippen molar-refractivity contribution in [3.8, 4) is 6.07 Å². The van der Waals surface area contributed by atoms with Crippen molar-refractivity contribution in [1.82, 2.24) is 14.9 Å². The van der Waals surface area contributed by atoms with Crippen LogP contribution in [0.4, 0.5) is 5.82 Å². The molecule has 1 N–H and O–H groups in total. The molecule has 1 fully saturated rings. The van der Waals surface area contributed by atoms with Gasteiger partial charge in [-0.25, -0.2) is 9.97 Å². The highest BCUT2D eigenvalue weighted by atomic mass is 16.5. The molecule has 1 aliphatic heterocycles. The molecular formula is C12H17N5O. The Bertz CT molecular complexity index is 437. The van der Waals surface area contributed by atoms with Gasteiger partial charge in [-0.2, -0.15) is 5.26 Å². The van der Waals surface area contributed by atoms with Crippen molar-refractivity contribution >= 4 is 5.82 Å². The molecule has 0 amide bonds. The van der Waals surface area contributed by atoms with E-state index in [-0.39, 0.29) is 0 Å². The summed E-state index contributed by atoms with van der Waals surface area (Å²) >= 11 is 0. The zero-order valence-electron chi connectivity index (χ0n) is 10.5. The van der Waals surface area contributed by atoms with Crippen LogP contribution in [0.3, 0.4) is 0 Å². The van der Waals surface area contributed by atoms with Gasteiger partial charge in [0.25, 0.3) is 0 Å². The van der Waals surface area contributed by atoms with E-state index in [2.05, 4.69) is 20.2 Å². The molecule has 6 nitrogen and oxygen atoms in total. The number of hydrogen-bond donors (Lipinski definition) is 1. The molecule has 2 rings (SSSR count). The predicted octanol–water partition coefficient (Wildman–Crippen LogP) is 0.401. The number of aromatic nitrogens is 2. The lowest BCUT2D eigenvalue weighted by Crippen LogP contribution is -2.39. The molecule has 1 aliphatic rings. The van der Waals surface area contributed by atoms with E-state index in [1.165, 1.54) is 0 Å². The lowest BCUT2D eigenvalue weighted by molar-refractivity contribution is 0.0398. The first-order valence-corrected chi connectivity index (χ1v) is 6.07. The van der Waals surface area contributed by atoms with Gasteiger partial charge >= 0.3 is 0 Å². The lowest BCUT2D eigenvalue weighted by atomic mass is 10.4. The third-order valence-electron chi connectivity index (χ3n) is 2.79. The second-order valence-electron chi connectivity index (χ2n) is 4.18. The summed E-state index contributed by atoms with van der Waals surface area (Å²) in [4.78, 5) is 10.6. The van der Waals surface area contributed by atoms with Crippen LogP contribution in [-0.4, -0.2) is 54.3 Å². The number of morpholine rings is 1. The van der Waals surface area contributed by atoms with Gasteiger partial charge in [0.05, 0.1) is 13.2 Å². The molecule has 96 valence electrons. The average Bonchev–Trinajstić information content (AvgIpc) is 2.39. The number of anilines is 1. The Hall–Kier alpha value is -1.71. The highest BCUT2D eigenvalue weighted by molar-refractivity contribution is 5.39. The number of aryl methyl sites for hydroxylation is 1. The molecule has 6 heteroatoms. The van der Waals surface area contributed by atoms with Crippen molar-refractivity contribution in [2.45, 2.75) is 6.92 Å². The highest BCUT2D eigenvalue weighted by Gasteiger charge is 2.09. The minimum absolute atomic E-state index is 0.399.